The summed E-state index contributed by atoms with van der Waals surface area (Å²) in [5.41, 5.74) is 3.92. The highest BCUT2D eigenvalue weighted by molar-refractivity contribution is 7.12. The summed E-state index contributed by atoms with van der Waals surface area (Å²) in [4.78, 5) is 15.0. The molecule has 112 valence electrons. The topological polar surface area (TPSA) is 41.1 Å². The van der Waals surface area contributed by atoms with Crippen molar-refractivity contribution in [3.05, 3.63) is 50.7 Å². The van der Waals surface area contributed by atoms with Crippen LogP contribution in [0.2, 0.25) is 0 Å². The number of carbonyl (C=O) groups is 1. The lowest BCUT2D eigenvalue weighted by Crippen LogP contribution is -2.27. The van der Waals surface area contributed by atoms with Gasteiger partial charge in [0.05, 0.1) is 6.04 Å². The Morgan fingerprint density at radius 1 is 1.19 bits per heavy atom. The number of benzene rings is 1. The van der Waals surface area contributed by atoms with Crippen LogP contribution in [0.1, 0.15) is 44.2 Å². The normalized spacial score (nSPS) is 12.0. The van der Waals surface area contributed by atoms with Gasteiger partial charge in [0.2, 0.25) is 0 Å². The number of nitrogens with one attached hydrogen (secondary N) is 2. The molecule has 4 heteroatoms. The smallest absolute Gasteiger partial charge is 0.252 e. The monoisotopic (exact) mass is 302 g/mol. The SMILES string of the molecule is CNc1ccc(C(=O)NC(C)c2cc(C)sc2C)c(C)c1. The van der Waals surface area contributed by atoms with E-state index in [1.165, 1.54) is 15.3 Å². The summed E-state index contributed by atoms with van der Waals surface area (Å²) in [7, 11) is 1.87. The minimum absolute atomic E-state index is 0.0193. The zero-order valence-corrected chi connectivity index (χ0v) is 14.0. The predicted octanol–water partition coefficient (Wildman–Crippen LogP) is 4.21. The summed E-state index contributed by atoms with van der Waals surface area (Å²) in [6.45, 7) is 8.18. The van der Waals surface area contributed by atoms with Crippen molar-refractivity contribution in [1.82, 2.24) is 5.32 Å². The largest absolute Gasteiger partial charge is 0.388 e. The maximum atomic E-state index is 12.4. The first kappa shape index (κ1) is 15.6. The summed E-state index contributed by atoms with van der Waals surface area (Å²) in [6, 6.07) is 7.95. The van der Waals surface area contributed by atoms with Crippen LogP contribution >= 0.6 is 11.3 Å². The molecule has 2 aromatic rings. The molecule has 1 atom stereocenters. The number of thiophene rings is 1. The molecule has 0 saturated heterocycles. The Balaban J connectivity index is 2.16. The van der Waals surface area contributed by atoms with Crippen LogP contribution in [0.4, 0.5) is 5.69 Å². The Hall–Kier alpha value is -1.81. The number of hydrogen-bond donors (Lipinski definition) is 2. The van der Waals surface area contributed by atoms with Crippen LogP contribution in [0.25, 0.3) is 0 Å². The fraction of sp³-hybridized carbons (Fsp3) is 0.353. The molecule has 0 saturated carbocycles. The Kier molecular flexibility index (Phi) is 4.68. The molecule has 2 N–H and O–H groups in total. The number of rotatable bonds is 4. The van der Waals surface area contributed by atoms with E-state index >= 15 is 0 Å². The lowest BCUT2D eigenvalue weighted by Gasteiger charge is -2.15. The van der Waals surface area contributed by atoms with Gasteiger partial charge in [0.1, 0.15) is 0 Å². The van der Waals surface area contributed by atoms with Crippen molar-refractivity contribution in [1.29, 1.82) is 0 Å². The van der Waals surface area contributed by atoms with Gasteiger partial charge in [0.15, 0.2) is 0 Å². The van der Waals surface area contributed by atoms with Crippen LogP contribution in [0.5, 0.6) is 0 Å². The molecular formula is C17H22N2OS. The standard InChI is InChI=1S/C17H22N2OS/c1-10-8-14(18-5)6-7-15(10)17(20)19-12(3)16-9-11(2)21-13(16)4/h6-9,12,18H,1-5H3,(H,19,20). The van der Waals surface area contributed by atoms with E-state index in [-0.39, 0.29) is 11.9 Å². The highest BCUT2D eigenvalue weighted by Gasteiger charge is 2.16. The Morgan fingerprint density at radius 2 is 1.90 bits per heavy atom. The maximum Gasteiger partial charge on any atom is 0.252 e. The van der Waals surface area contributed by atoms with E-state index in [4.69, 9.17) is 0 Å². The van der Waals surface area contributed by atoms with Crippen molar-refractivity contribution in [2.45, 2.75) is 33.7 Å². The van der Waals surface area contributed by atoms with Gasteiger partial charge in [0, 0.05) is 28.1 Å². The van der Waals surface area contributed by atoms with E-state index in [9.17, 15) is 4.79 Å². The van der Waals surface area contributed by atoms with Gasteiger partial charge in [-0.05, 0) is 63.1 Å². The fourth-order valence-electron chi connectivity index (χ4n) is 2.51. The molecule has 1 unspecified atom stereocenters. The quantitative estimate of drug-likeness (QED) is 0.888. The summed E-state index contributed by atoms with van der Waals surface area (Å²) >= 11 is 1.77. The number of hydrogen-bond acceptors (Lipinski definition) is 3. The summed E-state index contributed by atoms with van der Waals surface area (Å²) in [5, 5.41) is 6.17. The highest BCUT2D eigenvalue weighted by atomic mass is 32.1. The molecule has 21 heavy (non-hydrogen) atoms. The zero-order valence-electron chi connectivity index (χ0n) is 13.2. The van der Waals surface area contributed by atoms with Gasteiger partial charge in [-0.15, -0.1) is 11.3 Å². The fourth-order valence-corrected chi connectivity index (χ4v) is 3.53. The average Bonchev–Trinajstić information content (AvgIpc) is 2.77. The Morgan fingerprint density at radius 3 is 2.43 bits per heavy atom. The number of carbonyl (C=O) groups excluding carboxylic acids is 1. The third-order valence-electron chi connectivity index (χ3n) is 3.65. The van der Waals surface area contributed by atoms with Crippen LogP contribution in [-0.2, 0) is 0 Å². The van der Waals surface area contributed by atoms with E-state index in [0.29, 0.717) is 0 Å². The first-order chi connectivity index (χ1) is 9.92. The van der Waals surface area contributed by atoms with Crippen LogP contribution in [0, 0.1) is 20.8 Å². The number of amides is 1. The molecule has 0 aliphatic rings. The summed E-state index contributed by atoms with van der Waals surface area (Å²) < 4.78 is 0. The summed E-state index contributed by atoms with van der Waals surface area (Å²) in [6.07, 6.45) is 0. The van der Waals surface area contributed by atoms with Crippen LogP contribution in [0.15, 0.2) is 24.3 Å². The maximum absolute atomic E-state index is 12.4. The molecule has 1 aromatic carbocycles. The van der Waals surface area contributed by atoms with Crippen LogP contribution in [-0.4, -0.2) is 13.0 Å². The predicted molar refractivity (Wildman–Crippen MR) is 90.4 cm³/mol. The van der Waals surface area contributed by atoms with Crippen molar-refractivity contribution < 1.29 is 4.79 Å². The second kappa shape index (κ2) is 6.31. The molecule has 1 heterocycles. The minimum Gasteiger partial charge on any atom is -0.388 e. The van der Waals surface area contributed by atoms with Gasteiger partial charge in [0.25, 0.3) is 5.91 Å². The van der Waals surface area contributed by atoms with Gasteiger partial charge in [-0.3, -0.25) is 4.79 Å². The molecule has 0 spiro atoms. The second-order valence-electron chi connectivity index (χ2n) is 5.34. The van der Waals surface area contributed by atoms with E-state index in [1.54, 1.807) is 11.3 Å². The molecule has 3 nitrogen and oxygen atoms in total. The molecule has 0 aliphatic carbocycles. The third kappa shape index (κ3) is 3.45. The van der Waals surface area contributed by atoms with Gasteiger partial charge < -0.3 is 10.6 Å². The number of anilines is 1. The lowest BCUT2D eigenvalue weighted by atomic mass is 10.1. The van der Waals surface area contributed by atoms with Crippen molar-refractivity contribution >= 4 is 22.9 Å². The van der Waals surface area contributed by atoms with Crippen molar-refractivity contribution in [3.8, 4) is 0 Å². The summed E-state index contributed by atoms with van der Waals surface area (Å²) in [5.74, 6) is -0.0223. The van der Waals surface area contributed by atoms with Crippen LogP contribution in [0.3, 0.4) is 0 Å². The first-order valence-corrected chi connectivity index (χ1v) is 7.90. The Bertz CT molecular complexity index is 661. The molecule has 0 bridgehead atoms. The second-order valence-corrected chi connectivity index (χ2v) is 6.80. The number of aryl methyl sites for hydroxylation is 3. The molecule has 0 fully saturated rings. The van der Waals surface area contributed by atoms with Gasteiger partial charge in [-0.1, -0.05) is 0 Å². The van der Waals surface area contributed by atoms with E-state index in [2.05, 4.69) is 30.5 Å². The van der Waals surface area contributed by atoms with Crippen molar-refractivity contribution in [2.24, 2.45) is 0 Å². The molecule has 2 rings (SSSR count). The lowest BCUT2D eigenvalue weighted by molar-refractivity contribution is 0.0939. The van der Waals surface area contributed by atoms with E-state index in [1.807, 2.05) is 39.1 Å². The van der Waals surface area contributed by atoms with Gasteiger partial charge >= 0.3 is 0 Å². The molecule has 0 aliphatic heterocycles. The molecule has 0 radical (unpaired) electrons. The third-order valence-corrected chi connectivity index (χ3v) is 4.63. The van der Waals surface area contributed by atoms with E-state index in [0.717, 1.165) is 16.8 Å². The van der Waals surface area contributed by atoms with Crippen molar-refractivity contribution in [3.63, 3.8) is 0 Å². The zero-order chi connectivity index (χ0) is 15.6. The first-order valence-electron chi connectivity index (χ1n) is 7.08. The molecular weight excluding hydrogens is 280 g/mol. The highest BCUT2D eigenvalue weighted by Crippen LogP contribution is 2.26. The molecule has 1 amide bonds. The molecule has 1 aromatic heterocycles. The average molecular weight is 302 g/mol. The minimum atomic E-state index is -0.0223. The van der Waals surface area contributed by atoms with Gasteiger partial charge in [-0.2, -0.15) is 0 Å². The Labute approximate surface area is 130 Å². The van der Waals surface area contributed by atoms with Gasteiger partial charge in [-0.25, -0.2) is 0 Å². The van der Waals surface area contributed by atoms with E-state index < -0.39 is 0 Å². The van der Waals surface area contributed by atoms with Crippen LogP contribution < -0.4 is 10.6 Å². The van der Waals surface area contributed by atoms with Crippen molar-refractivity contribution in [2.75, 3.05) is 12.4 Å².